The zero-order valence-corrected chi connectivity index (χ0v) is 28.9. The van der Waals surface area contributed by atoms with E-state index in [1.165, 1.54) is 0 Å². The Morgan fingerprint density at radius 1 is 0.400 bits per heavy atom. The fraction of sp³-hybridized carbons (Fsp3) is 0.611. The van der Waals surface area contributed by atoms with Crippen molar-refractivity contribution in [2.24, 2.45) is 0 Å². The molecular formula is C36H52N2O12. The van der Waals surface area contributed by atoms with Gasteiger partial charge < -0.3 is 58.0 Å². The van der Waals surface area contributed by atoms with Crippen LogP contribution in [0.25, 0.3) is 0 Å². The number of hydrogen-bond acceptors (Lipinski definition) is 12. The van der Waals surface area contributed by atoms with E-state index in [9.17, 15) is 9.59 Å². The summed E-state index contributed by atoms with van der Waals surface area (Å²) in [5.74, 6) is 1.68. The van der Waals surface area contributed by atoms with Gasteiger partial charge in [0.1, 0.15) is 26.4 Å². The first-order valence-electron chi connectivity index (χ1n) is 17.5. The summed E-state index contributed by atoms with van der Waals surface area (Å²) in [7, 11) is 0. The average molecular weight is 705 g/mol. The van der Waals surface area contributed by atoms with E-state index in [-0.39, 0.29) is 11.8 Å². The van der Waals surface area contributed by atoms with E-state index >= 15 is 0 Å². The summed E-state index contributed by atoms with van der Waals surface area (Å²) < 4.78 is 56.4. The third kappa shape index (κ3) is 15.5. The van der Waals surface area contributed by atoms with Gasteiger partial charge in [-0.1, -0.05) is 12.8 Å². The molecule has 0 fully saturated rings. The van der Waals surface area contributed by atoms with Crippen LogP contribution in [0, 0.1) is 0 Å². The molecule has 2 aliphatic heterocycles. The molecule has 50 heavy (non-hydrogen) atoms. The zero-order valence-electron chi connectivity index (χ0n) is 28.9. The van der Waals surface area contributed by atoms with Gasteiger partial charge in [0.05, 0.1) is 79.3 Å². The van der Waals surface area contributed by atoms with Crippen LogP contribution in [0.3, 0.4) is 0 Å². The van der Waals surface area contributed by atoms with Crippen molar-refractivity contribution in [1.82, 2.24) is 10.6 Å². The molecule has 2 aliphatic rings. The van der Waals surface area contributed by atoms with Crippen molar-refractivity contribution in [3.8, 4) is 23.0 Å². The van der Waals surface area contributed by atoms with Gasteiger partial charge in [-0.2, -0.15) is 0 Å². The van der Waals surface area contributed by atoms with Crippen molar-refractivity contribution >= 4 is 11.8 Å². The first-order valence-corrected chi connectivity index (χ1v) is 17.5. The second-order valence-corrected chi connectivity index (χ2v) is 11.3. The molecule has 2 N–H and O–H groups in total. The number of amides is 2. The van der Waals surface area contributed by atoms with E-state index in [2.05, 4.69) is 10.6 Å². The number of unbranched alkanes of at least 4 members (excludes halogenated alkanes) is 3. The molecule has 2 aromatic carbocycles. The highest BCUT2D eigenvalue weighted by molar-refractivity contribution is 5.95. The monoisotopic (exact) mass is 704 g/mol. The summed E-state index contributed by atoms with van der Waals surface area (Å²) in [6.45, 7) is 7.91. The van der Waals surface area contributed by atoms with Gasteiger partial charge >= 0.3 is 0 Å². The van der Waals surface area contributed by atoms with E-state index in [1.807, 2.05) is 0 Å². The van der Waals surface area contributed by atoms with Crippen LogP contribution in [0.1, 0.15) is 46.4 Å². The minimum absolute atomic E-state index is 0.184. The fourth-order valence-corrected chi connectivity index (χ4v) is 4.90. The van der Waals surface area contributed by atoms with Crippen LogP contribution in [-0.2, 0) is 28.4 Å². The first-order chi connectivity index (χ1) is 24.7. The molecule has 2 amide bonds. The highest BCUT2D eigenvalue weighted by Gasteiger charge is 2.14. The number of carbonyl (C=O) groups excluding carboxylic acids is 2. The van der Waals surface area contributed by atoms with Crippen LogP contribution in [0.5, 0.6) is 23.0 Å². The Morgan fingerprint density at radius 2 is 0.700 bits per heavy atom. The van der Waals surface area contributed by atoms with E-state index in [4.69, 9.17) is 47.4 Å². The lowest BCUT2D eigenvalue weighted by Gasteiger charge is -2.14. The van der Waals surface area contributed by atoms with Gasteiger partial charge in [-0.25, -0.2) is 0 Å². The minimum atomic E-state index is -0.184. The molecule has 278 valence electrons. The number of rotatable bonds is 9. The SMILES string of the molecule is O=C(NCCCCCCNC(=O)c1ccc2c(c1)OCCOCCOCCOCCO2)c1ccc2c(c1)OCCOCCOCCOCCO2. The van der Waals surface area contributed by atoms with Gasteiger partial charge in [-0.3, -0.25) is 9.59 Å². The molecule has 2 aromatic rings. The van der Waals surface area contributed by atoms with E-state index in [0.29, 0.717) is 153 Å². The van der Waals surface area contributed by atoms with Gasteiger partial charge in [-0.15, -0.1) is 0 Å². The van der Waals surface area contributed by atoms with Crippen LogP contribution >= 0.6 is 0 Å². The summed E-state index contributed by atoms with van der Waals surface area (Å²) in [4.78, 5) is 25.7. The molecule has 2 heterocycles. The summed E-state index contributed by atoms with van der Waals surface area (Å²) in [5, 5.41) is 5.95. The Balaban J connectivity index is 1.13. The van der Waals surface area contributed by atoms with Crippen molar-refractivity contribution in [2.45, 2.75) is 25.7 Å². The zero-order chi connectivity index (χ0) is 34.9. The quantitative estimate of drug-likeness (QED) is 0.370. The lowest BCUT2D eigenvalue weighted by atomic mass is 10.1. The Labute approximate surface area is 294 Å². The van der Waals surface area contributed by atoms with Crippen molar-refractivity contribution < 1.29 is 57.0 Å². The summed E-state index contributed by atoms with van der Waals surface area (Å²) in [5.41, 5.74) is 0.971. The smallest absolute Gasteiger partial charge is 0.251 e. The maximum Gasteiger partial charge on any atom is 0.251 e. The predicted octanol–water partition coefficient (Wildman–Crippen LogP) is 3.05. The molecule has 0 aliphatic carbocycles. The van der Waals surface area contributed by atoms with Crippen molar-refractivity contribution in [1.29, 1.82) is 0 Å². The third-order valence-electron chi connectivity index (χ3n) is 7.52. The lowest BCUT2D eigenvalue weighted by molar-refractivity contribution is 0.00708. The van der Waals surface area contributed by atoms with Crippen LogP contribution in [0.2, 0.25) is 0 Å². The van der Waals surface area contributed by atoms with Crippen LogP contribution in [0.4, 0.5) is 0 Å². The normalized spacial score (nSPS) is 17.5. The highest BCUT2D eigenvalue weighted by atomic mass is 16.6. The van der Waals surface area contributed by atoms with Crippen molar-refractivity contribution in [2.75, 3.05) is 119 Å². The van der Waals surface area contributed by atoms with Crippen molar-refractivity contribution in [3.63, 3.8) is 0 Å². The number of carbonyl (C=O) groups is 2. The lowest BCUT2D eigenvalue weighted by Crippen LogP contribution is -2.25. The molecule has 0 bridgehead atoms. The van der Waals surface area contributed by atoms with E-state index in [1.54, 1.807) is 36.4 Å². The molecule has 4 rings (SSSR count). The van der Waals surface area contributed by atoms with Gasteiger partial charge in [0.2, 0.25) is 0 Å². The topological polar surface area (TPSA) is 150 Å². The molecule has 0 atom stereocenters. The standard InChI is InChI=1S/C36H52N2O12/c39-35(29-5-7-31-33(27-29)49-25-21-45-17-13-41-11-15-43-19-23-47-31)37-9-3-1-2-4-10-38-36(40)30-6-8-32-34(28-30)50-26-22-46-18-14-42-12-16-44-20-24-48-32/h5-8,27-28H,1-4,9-26H2,(H,37,39)(H,38,40). The molecule has 0 spiro atoms. The maximum absolute atomic E-state index is 12.9. The molecular weight excluding hydrogens is 652 g/mol. The van der Waals surface area contributed by atoms with Crippen molar-refractivity contribution in [3.05, 3.63) is 47.5 Å². The molecule has 14 heteroatoms. The van der Waals surface area contributed by atoms with Crippen LogP contribution in [-0.4, -0.2) is 131 Å². The van der Waals surface area contributed by atoms with Gasteiger partial charge in [0.25, 0.3) is 11.8 Å². The summed E-state index contributed by atoms with van der Waals surface area (Å²) >= 11 is 0. The number of hydrogen-bond donors (Lipinski definition) is 2. The third-order valence-corrected chi connectivity index (χ3v) is 7.52. The molecule has 0 aromatic heterocycles. The summed E-state index contributed by atoms with van der Waals surface area (Å²) in [6.07, 6.45) is 3.45. The first kappa shape index (κ1) is 39.1. The van der Waals surface area contributed by atoms with Crippen LogP contribution < -0.4 is 29.6 Å². The number of fused-ring (bicyclic) bond motifs is 2. The van der Waals surface area contributed by atoms with E-state index in [0.717, 1.165) is 25.7 Å². The Bertz CT molecular complexity index is 1170. The predicted molar refractivity (Wildman–Crippen MR) is 183 cm³/mol. The van der Waals surface area contributed by atoms with Gasteiger partial charge in [-0.05, 0) is 49.2 Å². The molecule has 0 saturated heterocycles. The number of ether oxygens (including phenoxy) is 10. The molecule has 14 nitrogen and oxygen atoms in total. The second-order valence-electron chi connectivity index (χ2n) is 11.3. The molecule has 0 radical (unpaired) electrons. The average Bonchev–Trinajstić information content (AvgIpc) is 3.15. The Hall–Kier alpha value is -3.66. The van der Waals surface area contributed by atoms with Gasteiger partial charge in [0, 0.05) is 24.2 Å². The summed E-state index contributed by atoms with van der Waals surface area (Å²) in [6, 6.07) is 10.3. The Morgan fingerprint density at radius 3 is 1.04 bits per heavy atom. The van der Waals surface area contributed by atoms with E-state index < -0.39 is 0 Å². The largest absolute Gasteiger partial charge is 0.487 e. The molecule has 0 saturated carbocycles. The van der Waals surface area contributed by atoms with Crippen LogP contribution in [0.15, 0.2) is 36.4 Å². The maximum atomic E-state index is 12.9. The number of nitrogens with one attached hydrogen (secondary N) is 2. The molecule has 0 unspecified atom stereocenters. The Kier molecular flexibility index (Phi) is 19.2. The highest BCUT2D eigenvalue weighted by Crippen LogP contribution is 2.30. The minimum Gasteiger partial charge on any atom is -0.487 e. The second kappa shape index (κ2) is 24.5. The number of benzene rings is 2. The fourth-order valence-electron chi connectivity index (χ4n) is 4.90. The van der Waals surface area contributed by atoms with Gasteiger partial charge in [0.15, 0.2) is 23.0 Å².